The van der Waals surface area contributed by atoms with Gasteiger partial charge in [0.25, 0.3) is 0 Å². The summed E-state index contributed by atoms with van der Waals surface area (Å²) in [5, 5.41) is 8.90. The van der Waals surface area contributed by atoms with Crippen molar-refractivity contribution >= 4 is 11.7 Å². The van der Waals surface area contributed by atoms with E-state index >= 15 is 0 Å². The molecule has 0 bridgehead atoms. The SMILES string of the molecule is COC(C)(C)CCOc1cc(C(=O)O)c(N)cn1. The van der Waals surface area contributed by atoms with Crippen molar-refractivity contribution in [3.05, 3.63) is 17.8 Å². The number of aromatic nitrogens is 1. The van der Waals surface area contributed by atoms with Crippen molar-refractivity contribution in [3.8, 4) is 5.88 Å². The van der Waals surface area contributed by atoms with Gasteiger partial charge in [-0.05, 0) is 13.8 Å². The summed E-state index contributed by atoms with van der Waals surface area (Å²) in [5.41, 5.74) is 5.31. The zero-order chi connectivity index (χ0) is 13.8. The molecule has 0 aliphatic carbocycles. The number of carboxylic acids is 1. The van der Waals surface area contributed by atoms with Crippen LogP contribution in [0.5, 0.6) is 5.88 Å². The van der Waals surface area contributed by atoms with E-state index in [1.807, 2.05) is 13.8 Å². The van der Waals surface area contributed by atoms with Gasteiger partial charge < -0.3 is 20.3 Å². The second-order valence-corrected chi connectivity index (χ2v) is 4.48. The Kier molecular flexibility index (Phi) is 4.49. The van der Waals surface area contributed by atoms with Gasteiger partial charge in [0, 0.05) is 19.6 Å². The van der Waals surface area contributed by atoms with E-state index in [0.717, 1.165) is 0 Å². The Labute approximate surface area is 106 Å². The van der Waals surface area contributed by atoms with Crippen LogP contribution in [0.25, 0.3) is 0 Å². The first-order valence-electron chi connectivity index (χ1n) is 5.52. The van der Waals surface area contributed by atoms with Gasteiger partial charge in [0.2, 0.25) is 5.88 Å². The van der Waals surface area contributed by atoms with Crippen molar-refractivity contribution in [1.82, 2.24) is 4.98 Å². The lowest BCUT2D eigenvalue weighted by Crippen LogP contribution is -2.25. The number of anilines is 1. The van der Waals surface area contributed by atoms with Gasteiger partial charge >= 0.3 is 5.97 Å². The summed E-state index contributed by atoms with van der Waals surface area (Å²) < 4.78 is 10.6. The zero-order valence-electron chi connectivity index (χ0n) is 10.8. The van der Waals surface area contributed by atoms with Gasteiger partial charge in [-0.1, -0.05) is 0 Å². The first kappa shape index (κ1) is 14.2. The van der Waals surface area contributed by atoms with Crippen molar-refractivity contribution in [2.24, 2.45) is 0 Å². The average Bonchev–Trinajstić information content (AvgIpc) is 2.31. The minimum Gasteiger partial charge on any atom is -0.478 e. The Morgan fingerprint density at radius 3 is 2.78 bits per heavy atom. The molecule has 0 aliphatic heterocycles. The summed E-state index contributed by atoms with van der Waals surface area (Å²) in [6.07, 6.45) is 1.94. The molecule has 0 saturated carbocycles. The van der Waals surface area contributed by atoms with Crippen LogP contribution < -0.4 is 10.5 Å². The maximum absolute atomic E-state index is 10.9. The molecule has 1 heterocycles. The lowest BCUT2D eigenvalue weighted by Gasteiger charge is -2.22. The molecule has 6 heteroatoms. The van der Waals surface area contributed by atoms with Crippen molar-refractivity contribution in [2.75, 3.05) is 19.5 Å². The van der Waals surface area contributed by atoms with Crippen molar-refractivity contribution in [1.29, 1.82) is 0 Å². The third kappa shape index (κ3) is 3.89. The lowest BCUT2D eigenvalue weighted by molar-refractivity contribution is 0.00506. The maximum Gasteiger partial charge on any atom is 0.338 e. The molecule has 0 saturated heterocycles. The summed E-state index contributed by atoms with van der Waals surface area (Å²) in [5.74, 6) is -0.856. The van der Waals surface area contributed by atoms with E-state index in [1.54, 1.807) is 7.11 Å². The van der Waals surface area contributed by atoms with Crippen LogP contribution in [0, 0.1) is 0 Å². The number of ether oxygens (including phenoxy) is 2. The second kappa shape index (κ2) is 5.68. The number of methoxy groups -OCH3 is 1. The minimum absolute atomic E-state index is 0.00833. The fraction of sp³-hybridized carbons (Fsp3) is 0.500. The van der Waals surface area contributed by atoms with Crippen LogP contribution >= 0.6 is 0 Å². The van der Waals surface area contributed by atoms with Gasteiger partial charge in [-0.15, -0.1) is 0 Å². The number of aromatic carboxylic acids is 1. The zero-order valence-corrected chi connectivity index (χ0v) is 10.8. The highest BCUT2D eigenvalue weighted by atomic mass is 16.5. The van der Waals surface area contributed by atoms with Crippen LogP contribution in [0.1, 0.15) is 30.6 Å². The van der Waals surface area contributed by atoms with Gasteiger partial charge in [0.15, 0.2) is 0 Å². The van der Waals surface area contributed by atoms with Crippen LogP contribution in [0.3, 0.4) is 0 Å². The Morgan fingerprint density at radius 2 is 2.22 bits per heavy atom. The summed E-state index contributed by atoms with van der Waals surface area (Å²) in [6, 6.07) is 1.32. The monoisotopic (exact) mass is 254 g/mol. The first-order valence-corrected chi connectivity index (χ1v) is 5.52. The van der Waals surface area contributed by atoms with E-state index in [9.17, 15) is 4.79 Å². The number of carboxylic acid groups (broad SMARTS) is 1. The molecule has 1 aromatic heterocycles. The van der Waals surface area contributed by atoms with Gasteiger partial charge in [-0.3, -0.25) is 0 Å². The fourth-order valence-corrected chi connectivity index (χ4v) is 1.21. The van der Waals surface area contributed by atoms with E-state index in [-0.39, 0.29) is 22.7 Å². The highest BCUT2D eigenvalue weighted by molar-refractivity contribution is 5.93. The van der Waals surface area contributed by atoms with Crippen LogP contribution in [0.4, 0.5) is 5.69 Å². The topological polar surface area (TPSA) is 94.7 Å². The number of pyridine rings is 1. The second-order valence-electron chi connectivity index (χ2n) is 4.48. The molecular formula is C12H18N2O4. The maximum atomic E-state index is 10.9. The number of nitrogens with zero attached hydrogens (tertiary/aromatic N) is 1. The molecule has 0 unspecified atom stereocenters. The standard InChI is InChI=1S/C12H18N2O4/c1-12(2,17-3)4-5-18-10-6-8(11(15)16)9(13)7-14-10/h6-7H,4-5,13H2,1-3H3,(H,15,16). The normalized spacial score (nSPS) is 11.3. The highest BCUT2D eigenvalue weighted by Gasteiger charge is 2.16. The predicted molar refractivity (Wildman–Crippen MR) is 66.8 cm³/mol. The number of rotatable bonds is 6. The van der Waals surface area contributed by atoms with Crippen LogP contribution in [-0.2, 0) is 4.74 Å². The number of hydrogen-bond acceptors (Lipinski definition) is 5. The van der Waals surface area contributed by atoms with E-state index < -0.39 is 5.97 Å². The third-order valence-corrected chi connectivity index (χ3v) is 2.65. The number of nitrogen functional groups attached to an aromatic ring is 1. The molecule has 6 nitrogen and oxygen atoms in total. The Morgan fingerprint density at radius 1 is 1.56 bits per heavy atom. The Balaban J connectivity index is 2.64. The molecular weight excluding hydrogens is 236 g/mol. The smallest absolute Gasteiger partial charge is 0.338 e. The molecule has 0 aliphatic rings. The first-order chi connectivity index (χ1) is 8.35. The summed E-state index contributed by atoms with van der Waals surface area (Å²) >= 11 is 0. The number of nitrogens with two attached hydrogens (primary N) is 1. The molecule has 0 radical (unpaired) electrons. The summed E-state index contributed by atoms with van der Waals surface area (Å²) in [4.78, 5) is 14.8. The van der Waals surface area contributed by atoms with Gasteiger partial charge in [-0.2, -0.15) is 0 Å². The molecule has 0 aromatic carbocycles. The highest BCUT2D eigenvalue weighted by Crippen LogP contribution is 2.18. The van der Waals surface area contributed by atoms with E-state index in [1.165, 1.54) is 12.3 Å². The van der Waals surface area contributed by atoms with Crippen molar-refractivity contribution < 1.29 is 19.4 Å². The molecule has 18 heavy (non-hydrogen) atoms. The molecule has 1 aromatic rings. The van der Waals surface area contributed by atoms with Crippen molar-refractivity contribution in [3.63, 3.8) is 0 Å². The van der Waals surface area contributed by atoms with E-state index in [4.69, 9.17) is 20.3 Å². The molecule has 0 fully saturated rings. The van der Waals surface area contributed by atoms with Gasteiger partial charge in [0.1, 0.15) is 0 Å². The third-order valence-electron chi connectivity index (χ3n) is 2.65. The molecule has 0 amide bonds. The molecule has 100 valence electrons. The average molecular weight is 254 g/mol. The quantitative estimate of drug-likeness (QED) is 0.799. The van der Waals surface area contributed by atoms with Crippen molar-refractivity contribution in [2.45, 2.75) is 25.9 Å². The van der Waals surface area contributed by atoms with E-state index in [2.05, 4.69) is 4.98 Å². The molecule has 3 N–H and O–H groups in total. The van der Waals surface area contributed by atoms with Crippen LogP contribution in [0.15, 0.2) is 12.3 Å². The predicted octanol–water partition coefficient (Wildman–Crippen LogP) is 1.56. The van der Waals surface area contributed by atoms with Gasteiger partial charge in [-0.25, -0.2) is 9.78 Å². The van der Waals surface area contributed by atoms with Gasteiger partial charge in [0.05, 0.1) is 29.7 Å². The Bertz CT molecular complexity index is 432. The summed E-state index contributed by atoms with van der Waals surface area (Å²) in [7, 11) is 1.63. The fourth-order valence-electron chi connectivity index (χ4n) is 1.21. The number of hydrogen-bond donors (Lipinski definition) is 2. The minimum atomic E-state index is -1.10. The lowest BCUT2D eigenvalue weighted by atomic mass is 10.1. The van der Waals surface area contributed by atoms with Crippen LogP contribution in [0.2, 0.25) is 0 Å². The van der Waals surface area contributed by atoms with E-state index in [0.29, 0.717) is 13.0 Å². The molecule has 1 rings (SSSR count). The Hall–Kier alpha value is -1.82. The largest absolute Gasteiger partial charge is 0.478 e. The summed E-state index contributed by atoms with van der Waals surface area (Å²) in [6.45, 7) is 4.27. The number of carbonyl (C=O) groups is 1. The molecule has 0 spiro atoms. The van der Waals surface area contributed by atoms with Crippen LogP contribution in [-0.4, -0.2) is 35.4 Å². The molecule has 0 atom stereocenters.